The molecule has 2 heterocycles. The molecule has 0 saturated carbocycles. The maximum absolute atomic E-state index is 5.91. The van der Waals surface area contributed by atoms with Gasteiger partial charge in [-0.2, -0.15) is 0 Å². The molecule has 1 atom stereocenters. The first-order chi connectivity index (χ1) is 8.64. The predicted molar refractivity (Wildman–Crippen MR) is 72.7 cm³/mol. The molecule has 2 rings (SSSR count). The van der Waals surface area contributed by atoms with Gasteiger partial charge in [-0.3, -0.25) is 0 Å². The minimum atomic E-state index is -0.313. The van der Waals surface area contributed by atoms with Gasteiger partial charge in [0, 0.05) is 24.9 Å². The van der Waals surface area contributed by atoms with Gasteiger partial charge in [-0.1, -0.05) is 6.92 Å². The number of aromatic nitrogens is 2. The van der Waals surface area contributed by atoms with E-state index in [0.717, 1.165) is 49.8 Å². The smallest absolute Gasteiger partial charge is 0.162 e. The molecule has 1 aliphatic rings. The van der Waals surface area contributed by atoms with Gasteiger partial charge in [0.05, 0.1) is 0 Å². The third kappa shape index (κ3) is 2.99. The van der Waals surface area contributed by atoms with Crippen LogP contribution in [-0.4, -0.2) is 23.1 Å². The number of ether oxygens (including phenoxy) is 1. The van der Waals surface area contributed by atoms with Crippen molar-refractivity contribution in [3.8, 4) is 0 Å². The maximum Gasteiger partial charge on any atom is 0.162 e. The third-order valence-electron chi connectivity index (χ3n) is 3.35. The van der Waals surface area contributed by atoms with Crippen LogP contribution in [0, 0.1) is 6.92 Å². The van der Waals surface area contributed by atoms with Gasteiger partial charge < -0.3 is 10.1 Å². The number of hydrogen-bond acceptors (Lipinski definition) is 4. The molecule has 0 bridgehead atoms. The van der Waals surface area contributed by atoms with Crippen molar-refractivity contribution < 1.29 is 4.74 Å². The molecule has 18 heavy (non-hydrogen) atoms. The topological polar surface area (TPSA) is 47.0 Å². The molecule has 1 aromatic rings. The Balaban J connectivity index is 2.23. The summed E-state index contributed by atoms with van der Waals surface area (Å²) in [5.74, 6) is 1.73. The van der Waals surface area contributed by atoms with Gasteiger partial charge in [0.15, 0.2) is 5.82 Å². The molecule has 0 radical (unpaired) electrons. The van der Waals surface area contributed by atoms with Crippen LogP contribution in [0.1, 0.15) is 51.0 Å². The molecule has 1 aliphatic heterocycles. The molecule has 1 unspecified atom stereocenters. The summed E-state index contributed by atoms with van der Waals surface area (Å²) >= 11 is 0. The van der Waals surface area contributed by atoms with E-state index in [1.54, 1.807) is 0 Å². The second-order valence-electron chi connectivity index (χ2n) is 5.18. The lowest BCUT2D eigenvalue weighted by Crippen LogP contribution is -2.32. The minimum absolute atomic E-state index is 0.313. The van der Waals surface area contributed by atoms with Crippen molar-refractivity contribution in [2.75, 3.05) is 18.5 Å². The summed E-state index contributed by atoms with van der Waals surface area (Å²) in [6.07, 6.45) is 4.42. The molecule has 0 amide bonds. The normalized spacial score (nSPS) is 23.9. The molecule has 1 N–H and O–H groups in total. The Hall–Kier alpha value is -1.16. The first-order valence-corrected chi connectivity index (χ1v) is 6.88. The summed E-state index contributed by atoms with van der Waals surface area (Å²) in [6, 6.07) is 1.99. The highest BCUT2D eigenvalue weighted by molar-refractivity contribution is 5.36. The highest BCUT2D eigenvalue weighted by atomic mass is 16.5. The fourth-order valence-electron chi connectivity index (χ4n) is 2.26. The van der Waals surface area contributed by atoms with E-state index in [4.69, 9.17) is 4.74 Å². The van der Waals surface area contributed by atoms with E-state index >= 15 is 0 Å². The van der Waals surface area contributed by atoms with Crippen LogP contribution in [0.25, 0.3) is 0 Å². The van der Waals surface area contributed by atoms with Gasteiger partial charge in [-0.15, -0.1) is 0 Å². The fraction of sp³-hybridized carbons (Fsp3) is 0.714. The molecule has 100 valence electrons. The molecule has 1 aromatic heterocycles. The quantitative estimate of drug-likeness (QED) is 0.891. The van der Waals surface area contributed by atoms with Crippen molar-refractivity contribution in [1.82, 2.24) is 9.97 Å². The van der Waals surface area contributed by atoms with Crippen molar-refractivity contribution in [2.45, 2.75) is 52.1 Å². The molecule has 0 spiro atoms. The second-order valence-corrected chi connectivity index (χ2v) is 5.18. The summed E-state index contributed by atoms with van der Waals surface area (Å²) < 4.78 is 5.91. The molecule has 0 aliphatic carbocycles. The van der Waals surface area contributed by atoms with E-state index in [-0.39, 0.29) is 5.60 Å². The van der Waals surface area contributed by atoms with Crippen LogP contribution >= 0.6 is 0 Å². The van der Waals surface area contributed by atoms with Crippen LogP contribution in [0.5, 0.6) is 0 Å². The molecular formula is C14H23N3O. The lowest BCUT2D eigenvalue weighted by atomic mass is 9.95. The van der Waals surface area contributed by atoms with Crippen molar-refractivity contribution in [3.05, 3.63) is 17.6 Å². The molecule has 0 aromatic carbocycles. The maximum atomic E-state index is 5.91. The Labute approximate surface area is 109 Å². The van der Waals surface area contributed by atoms with Gasteiger partial charge in [0.25, 0.3) is 0 Å². The predicted octanol–water partition coefficient (Wildman–Crippen LogP) is 3.02. The van der Waals surface area contributed by atoms with E-state index in [0.29, 0.717) is 0 Å². The van der Waals surface area contributed by atoms with E-state index in [1.165, 1.54) is 6.42 Å². The van der Waals surface area contributed by atoms with E-state index < -0.39 is 0 Å². The Morgan fingerprint density at radius 3 is 2.89 bits per heavy atom. The average molecular weight is 249 g/mol. The minimum Gasteiger partial charge on any atom is -0.370 e. The third-order valence-corrected chi connectivity index (χ3v) is 3.35. The molecule has 1 fully saturated rings. The lowest BCUT2D eigenvalue weighted by molar-refractivity contribution is -0.0760. The van der Waals surface area contributed by atoms with Gasteiger partial charge in [0.1, 0.15) is 11.4 Å². The molecule has 1 saturated heterocycles. The summed E-state index contributed by atoms with van der Waals surface area (Å²) in [6.45, 7) is 8.01. The molecular weight excluding hydrogens is 226 g/mol. The van der Waals surface area contributed by atoms with Gasteiger partial charge in [-0.05, 0) is 39.5 Å². The summed E-state index contributed by atoms with van der Waals surface area (Å²) in [5.41, 5.74) is 0.682. The Kier molecular flexibility index (Phi) is 4.17. The number of nitrogens with one attached hydrogen (secondary N) is 1. The van der Waals surface area contributed by atoms with Gasteiger partial charge in [-0.25, -0.2) is 9.97 Å². The number of rotatable bonds is 4. The number of aryl methyl sites for hydroxylation is 1. The first kappa shape index (κ1) is 13.3. The average Bonchev–Trinajstić information content (AvgIpc) is 2.37. The van der Waals surface area contributed by atoms with Crippen LogP contribution in [0.4, 0.5) is 5.82 Å². The van der Waals surface area contributed by atoms with Crippen LogP contribution in [0.15, 0.2) is 6.07 Å². The Morgan fingerprint density at radius 1 is 1.39 bits per heavy atom. The highest BCUT2D eigenvalue weighted by Gasteiger charge is 2.33. The van der Waals surface area contributed by atoms with Crippen LogP contribution in [0.3, 0.4) is 0 Å². The van der Waals surface area contributed by atoms with Crippen molar-refractivity contribution in [2.24, 2.45) is 0 Å². The SMILES string of the molecule is CCCNc1cc(C)nc(C2(C)CCCCO2)n1. The largest absolute Gasteiger partial charge is 0.370 e. The zero-order valence-corrected chi connectivity index (χ0v) is 11.6. The van der Waals surface area contributed by atoms with Crippen LogP contribution < -0.4 is 5.32 Å². The zero-order chi connectivity index (χ0) is 13.0. The Bertz CT molecular complexity index is 400. The second kappa shape index (κ2) is 5.65. The standard InChI is InChI=1S/C14H23N3O/c1-4-8-15-12-10-11(2)16-13(17-12)14(3)7-5-6-9-18-14/h10H,4-9H2,1-3H3,(H,15,16,17). The summed E-state index contributed by atoms with van der Waals surface area (Å²) in [5, 5.41) is 3.33. The fourth-order valence-corrected chi connectivity index (χ4v) is 2.26. The van der Waals surface area contributed by atoms with E-state index in [9.17, 15) is 0 Å². The van der Waals surface area contributed by atoms with E-state index in [2.05, 4.69) is 29.1 Å². The lowest BCUT2D eigenvalue weighted by Gasteiger charge is -2.32. The number of nitrogens with zero attached hydrogens (tertiary/aromatic N) is 2. The van der Waals surface area contributed by atoms with Crippen molar-refractivity contribution in [1.29, 1.82) is 0 Å². The summed E-state index contributed by atoms with van der Waals surface area (Å²) in [7, 11) is 0. The van der Waals surface area contributed by atoms with E-state index in [1.807, 2.05) is 13.0 Å². The van der Waals surface area contributed by atoms with Gasteiger partial charge in [0.2, 0.25) is 0 Å². The van der Waals surface area contributed by atoms with Crippen molar-refractivity contribution >= 4 is 5.82 Å². The molecule has 4 heteroatoms. The first-order valence-electron chi connectivity index (χ1n) is 6.88. The zero-order valence-electron chi connectivity index (χ0n) is 11.6. The Morgan fingerprint density at radius 2 is 2.22 bits per heavy atom. The van der Waals surface area contributed by atoms with Gasteiger partial charge >= 0.3 is 0 Å². The monoisotopic (exact) mass is 249 g/mol. The number of hydrogen-bond donors (Lipinski definition) is 1. The number of anilines is 1. The highest BCUT2D eigenvalue weighted by Crippen LogP contribution is 2.33. The van der Waals surface area contributed by atoms with Crippen LogP contribution in [0.2, 0.25) is 0 Å². The van der Waals surface area contributed by atoms with Crippen LogP contribution in [-0.2, 0) is 10.3 Å². The molecule has 4 nitrogen and oxygen atoms in total. The van der Waals surface area contributed by atoms with Crippen molar-refractivity contribution in [3.63, 3.8) is 0 Å². The summed E-state index contributed by atoms with van der Waals surface area (Å²) in [4.78, 5) is 9.18.